The fourth-order valence-electron chi connectivity index (χ4n) is 2.57. The van der Waals surface area contributed by atoms with Crippen LogP contribution in [0.1, 0.15) is 5.56 Å². The van der Waals surface area contributed by atoms with Gasteiger partial charge in [0.15, 0.2) is 0 Å². The van der Waals surface area contributed by atoms with Crippen molar-refractivity contribution in [2.75, 3.05) is 40.9 Å². The lowest BCUT2D eigenvalue weighted by Crippen LogP contribution is -2.62. The molecule has 0 saturated carbocycles. The van der Waals surface area contributed by atoms with Crippen molar-refractivity contribution in [2.24, 2.45) is 0 Å². The van der Waals surface area contributed by atoms with Gasteiger partial charge in [-0.1, -0.05) is 18.2 Å². The lowest BCUT2D eigenvalue weighted by atomic mass is 9.86. The Labute approximate surface area is 135 Å². The van der Waals surface area contributed by atoms with Crippen molar-refractivity contribution < 1.29 is 19.1 Å². The van der Waals surface area contributed by atoms with E-state index in [2.05, 4.69) is 15.4 Å². The van der Waals surface area contributed by atoms with Crippen LogP contribution >= 0.6 is 0 Å². The lowest BCUT2D eigenvalue weighted by Gasteiger charge is -2.41. The highest BCUT2D eigenvalue weighted by Crippen LogP contribution is 2.31. The first kappa shape index (κ1) is 17.1. The predicted octanol–water partition coefficient (Wildman–Crippen LogP) is 0.394. The molecule has 1 atom stereocenters. The fourth-order valence-corrected chi connectivity index (χ4v) is 2.57. The molecule has 0 saturated heterocycles. The molecule has 126 valence electrons. The van der Waals surface area contributed by atoms with Crippen molar-refractivity contribution in [1.29, 1.82) is 0 Å². The van der Waals surface area contributed by atoms with Crippen LogP contribution in [-0.2, 0) is 16.0 Å². The molecule has 1 aliphatic rings. The van der Waals surface area contributed by atoms with Gasteiger partial charge in [-0.3, -0.25) is 9.69 Å². The molecule has 7 nitrogen and oxygen atoms in total. The van der Waals surface area contributed by atoms with E-state index in [4.69, 9.17) is 4.74 Å². The van der Waals surface area contributed by atoms with Gasteiger partial charge in [-0.25, -0.2) is 4.79 Å². The van der Waals surface area contributed by atoms with Crippen LogP contribution in [0.25, 0.3) is 0 Å². The number of benzene rings is 1. The number of fused-ring (bicyclic) bond motifs is 1. The topological polar surface area (TPSA) is 79.9 Å². The fraction of sp³-hybridized carbons (Fsp3) is 0.500. The largest absolute Gasteiger partial charge is 0.491 e. The van der Waals surface area contributed by atoms with Gasteiger partial charge in [0, 0.05) is 19.5 Å². The van der Waals surface area contributed by atoms with Crippen LogP contribution in [0.4, 0.5) is 4.79 Å². The molecule has 0 fully saturated rings. The van der Waals surface area contributed by atoms with E-state index in [1.165, 1.54) is 7.11 Å². The SMILES string of the molecule is COC(=O)NCCNC(=O)C1(N(C)C)COc2ccccc2C1. The van der Waals surface area contributed by atoms with Gasteiger partial charge in [-0.05, 0) is 25.7 Å². The minimum atomic E-state index is -0.764. The highest BCUT2D eigenvalue weighted by molar-refractivity contribution is 5.87. The first-order chi connectivity index (χ1) is 11.0. The summed E-state index contributed by atoms with van der Waals surface area (Å²) in [5.74, 6) is 0.703. The molecule has 1 heterocycles. The summed E-state index contributed by atoms with van der Waals surface area (Å²) in [4.78, 5) is 25.6. The molecule has 23 heavy (non-hydrogen) atoms. The van der Waals surface area contributed by atoms with Gasteiger partial charge in [0.2, 0.25) is 5.91 Å². The molecule has 0 bridgehead atoms. The molecule has 7 heteroatoms. The molecule has 2 N–H and O–H groups in total. The number of rotatable bonds is 5. The van der Waals surface area contributed by atoms with E-state index in [0.717, 1.165) is 11.3 Å². The zero-order chi connectivity index (χ0) is 16.9. The van der Waals surface area contributed by atoms with Gasteiger partial charge in [0.05, 0.1) is 7.11 Å². The molecular weight excluding hydrogens is 298 g/mol. The number of nitrogens with one attached hydrogen (secondary N) is 2. The van der Waals surface area contributed by atoms with Gasteiger partial charge in [0.25, 0.3) is 0 Å². The van der Waals surface area contributed by atoms with Crippen molar-refractivity contribution in [2.45, 2.75) is 12.0 Å². The molecule has 0 aliphatic carbocycles. The van der Waals surface area contributed by atoms with E-state index < -0.39 is 11.6 Å². The van der Waals surface area contributed by atoms with E-state index in [1.54, 1.807) is 0 Å². The zero-order valence-corrected chi connectivity index (χ0v) is 13.7. The maximum absolute atomic E-state index is 12.7. The van der Waals surface area contributed by atoms with Crippen LogP contribution in [0, 0.1) is 0 Å². The van der Waals surface area contributed by atoms with E-state index in [0.29, 0.717) is 19.5 Å². The molecule has 0 radical (unpaired) electrons. The van der Waals surface area contributed by atoms with Gasteiger partial charge in [-0.2, -0.15) is 0 Å². The second-order valence-electron chi connectivity index (χ2n) is 5.67. The van der Waals surface area contributed by atoms with E-state index in [9.17, 15) is 9.59 Å². The molecule has 1 unspecified atom stereocenters. The number of para-hydroxylation sites is 1. The molecule has 0 aromatic heterocycles. The van der Waals surface area contributed by atoms with Crippen LogP contribution in [0.15, 0.2) is 24.3 Å². The standard InChI is InChI=1S/C16H23N3O4/c1-19(2)16(14(20)17-8-9-18-15(21)22-3)10-12-6-4-5-7-13(12)23-11-16/h4-7H,8-11H2,1-3H3,(H,17,20)(H,18,21). The van der Waals surface area contributed by atoms with Crippen LogP contribution < -0.4 is 15.4 Å². The van der Waals surface area contributed by atoms with Crippen LogP contribution in [0.2, 0.25) is 0 Å². The molecule has 1 aromatic rings. The highest BCUT2D eigenvalue weighted by atomic mass is 16.5. The van der Waals surface area contributed by atoms with Crippen molar-refractivity contribution in [3.05, 3.63) is 29.8 Å². The zero-order valence-electron chi connectivity index (χ0n) is 13.7. The summed E-state index contributed by atoms with van der Waals surface area (Å²) in [6, 6.07) is 7.73. The van der Waals surface area contributed by atoms with Gasteiger partial charge in [0.1, 0.15) is 17.9 Å². The predicted molar refractivity (Wildman–Crippen MR) is 85.5 cm³/mol. The third-order valence-corrected chi connectivity index (χ3v) is 4.07. The van der Waals surface area contributed by atoms with E-state index in [-0.39, 0.29) is 12.5 Å². The summed E-state index contributed by atoms with van der Waals surface area (Å²) in [6.07, 6.45) is 0.0587. The Morgan fingerprint density at radius 1 is 1.26 bits per heavy atom. The second kappa shape index (κ2) is 7.32. The van der Waals surface area contributed by atoms with Gasteiger partial charge >= 0.3 is 6.09 Å². The summed E-state index contributed by atoms with van der Waals surface area (Å²) in [5.41, 5.74) is 0.245. The Hall–Kier alpha value is -2.28. The summed E-state index contributed by atoms with van der Waals surface area (Å²) in [5, 5.41) is 5.38. The average molecular weight is 321 g/mol. The molecule has 0 spiro atoms. The Bertz CT molecular complexity index is 576. The number of hydrogen-bond donors (Lipinski definition) is 2. The second-order valence-corrected chi connectivity index (χ2v) is 5.67. The maximum Gasteiger partial charge on any atom is 0.406 e. The number of ether oxygens (including phenoxy) is 2. The number of amides is 2. The summed E-state index contributed by atoms with van der Waals surface area (Å²) in [6.45, 7) is 0.914. The van der Waals surface area contributed by atoms with E-state index in [1.807, 2.05) is 43.3 Å². The van der Waals surface area contributed by atoms with Gasteiger partial charge in [-0.15, -0.1) is 0 Å². The molecule has 2 rings (SSSR count). The number of likely N-dealkylation sites (N-methyl/N-ethyl adjacent to an activating group) is 1. The average Bonchev–Trinajstić information content (AvgIpc) is 2.57. The molecule has 1 aliphatic heterocycles. The van der Waals surface area contributed by atoms with Gasteiger partial charge < -0.3 is 20.1 Å². The third kappa shape index (κ3) is 3.73. The van der Waals surface area contributed by atoms with Crippen molar-refractivity contribution >= 4 is 12.0 Å². The molecular formula is C16H23N3O4. The summed E-state index contributed by atoms with van der Waals surface area (Å²) < 4.78 is 10.3. The minimum Gasteiger partial charge on any atom is -0.491 e. The molecule has 2 amide bonds. The Morgan fingerprint density at radius 3 is 2.65 bits per heavy atom. The Morgan fingerprint density at radius 2 is 1.96 bits per heavy atom. The Kier molecular flexibility index (Phi) is 5.44. The molecule has 1 aromatic carbocycles. The Balaban J connectivity index is 2.01. The maximum atomic E-state index is 12.7. The lowest BCUT2D eigenvalue weighted by molar-refractivity contribution is -0.134. The number of carbonyl (C=O) groups is 2. The number of nitrogens with zero attached hydrogens (tertiary/aromatic N) is 1. The number of alkyl carbamates (subject to hydrolysis) is 1. The van der Waals surface area contributed by atoms with Crippen LogP contribution in [0.3, 0.4) is 0 Å². The smallest absolute Gasteiger partial charge is 0.406 e. The normalized spacial score (nSPS) is 19.5. The van der Waals surface area contributed by atoms with E-state index >= 15 is 0 Å². The van der Waals surface area contributed by atoms with Crippen molar-refractivity contribution in [1.82, 2.24) is 15.5 Å². The highest BCUT2D eigenvalue weighted by Gasteiger charge is 2.44. The van der Waals surface area contributed by atoms with Crippen LogP contribution in [-0.4, -0.2) is 63.3 Å². The quantitative estimate of drug-likeness (QED) is 0.767. The summed E-state index contributed by atoms with van der Waals surface area (Å²) >= 11 is 0. The summed E-state index contributed by atoms with van der Waals surface area (Å²) in [7, 11) is 5.03. The third-order valence-electron chi connectivity index (χ3n) is 4.07. The monoisotopic (exact) mass is 321 g/mol. The first-order valence-electron chi connectivity index (χ1n) is 7.48. The minimum absolute atomic E-state index is 0.122. The van der Waals surface area contributed by atoms with Crippen molar-refractivity contribution in [3.63, 3.8) is 0 Å². The number of methoxy groups -OCH3 is 1. The first-order valence-corrected chi connectivity index (χ1v) is 7.48. The van der Waals surface area contributed by atoms with Crippen molar-refractivity contribution in [3.8, 4) is 5.75 Å². The number of hydrogen-bond acceptors (Lipinski definition) is 5. The van der Waals surface area contributed by atoms with Crippen LogP contribution in [0.5, 0.6) is 5.75 Å². The number of carbonyl (C=O) groups excluding carboxylic acids is 2.